The molecule has 0 aromatic heterocycles. The van der Waals surface area contributed by atoms with Gasteiger partial charge in [0.1, 0.15) is 0 Å². The Hall–Kier alpha value is -2.49. The van der Waals surface area contributed by atoms with E-state index >= 15 is 0 Å². The van der Waals surface area contributed by atoms with Gasteiger partial charge < -0.3 is 25.8 Å². The summed E-state index contributed by atoms with van der Waals surface area (Å²) < 4.78 is 0. The molecule has 2 aliphatic heterocycles. The first-order valence-corrected chi connectivity index (χ1v) is 15.0. The number of carbonyl (C=O) groups is 3. The summed E-state index contributed by atoms with van der Waals surface area (Å²) in [5.74, 6) is 2.27. The molecule has 2 aliphatic rings. The van der Waals surface area contributed by atoms with Crippen LogP contribution in [0.1, 0.15) is 66.9 Å². The highest BCUT2D eigenvalue weighted by molar-refractivity contribution is 5.92. The summed E-state index contributed by atoms with van der Waals surface area (Å²) in [5, 5.41) is 9.25. The normalized spacial score (nSPS) is 16.3. The molecule has 0 atom stereocenters. The van der Waals surface area contributed by atoms with Crippen LogP contribution >= 0.6 is 0 Å². The van der Waals surface area contributed by atoms with Gasteiger partial charge in [0.2, 0.25) is 17.7 Å². The number of amides is 3. The average Bonchev–Trinajstić information content (AvgIpc) is 2.86. The van der Waals surface area contributed by atoms with E-state index in [1.54, 1.807) is 0 Å². The molecular weight excluding hydrogens is 504 g/mol. The van der Waals surface area contributed by atoms with Crippen molar-refractivity contribution < 1.29 is 14.4 Å². The summed E-state index contributed by atoms with van der Waals surface area (Å²) in [6.45, 7) is 22.9. The van der Waals surface area contributed by atoms with E-state index in [0.29, 0.717) is 56.6 Å². The van der Waals surface area contributed by atoms with E-state index in [-0.39, 0.29) is 17.7 Å². The highest BCUT2D eigenvalue weighted by Gasteiger charge is 2.32. The van der Waals surface area contributed by atoms with E-state index < -0.39 is 0 Å². The van der Waals surface area contributed by atoms with Crippen LogP contribution in [0.15, 0.2) is 24.3 Å². The summed E-state index contributed by atoms with van der Waals surface area (Å²) in [6, 6.07) is 8.70. The minimum Gasteiger partial charge on any atom is -0.341 e. The number of nitrogens with one attached hydrogen (secondary N) is 3. The Bertz CT molecular complexity index is 918. The maximum absolute atomic E-state index is 12.2. The van der Waals surface area contributed by atoms with Gasteiger partial charge in [-0.15, -0.1) is 0 Å². The lowest BCUT2D eigenvalue weighted by Crippen LogP contribution is -2.54. The van der Waals surface area contributed by atoms with Crippen LogP contribution < -0.4 is 16.0 Å². The Morgan fingerprint density at radius 2 is 1.25 bits per heavy atom. The molecule has 1 aromatic carbocycles. The Morgan fingerprint density at radius 3 is 1.70 bits per heavy atom. The molecular formula is C31H54N6O3. The first-order chi connectivity index (χ1) is 18.8. The van der Waals surface area contributed by atoms with Gasteiger partial charge in [0.25, 0.3) is 0 Å². The van der Waals surface area contributed by atoms with Crippen molar-refractivity contribution in [2.75, 3.05) is 64.2 Å². The number of hydrogen-bond donors (Lipinski definition) is 3. The lowest BCUT2D eigenvalue weighted by atomic mass is 9.88. The molecule has 0 saturated carbocycles. The van der Waals surface area contributed by atoms with E-state index in [0.717, 1.165) is 37.8 Å². The number of anilines is 1. The second-order valence-electron chi connectivity index (χ2n) is 12.4. The first-order valence-electron chi connectivity index (χ1n) is 15.0. The Kier molecular flexibility index (Phi) is 14.1. The molecule has 3 rings (SSSR count). The molecule has 2 heterocycles. The lowest BCUT2D eigenvalue weighted by Gasteiger charge is -2.41. The molecule has 40 heavy (non-hydrogen) atoms. The summed E-state index contributed by atoms with van der Waals surface area (Å²) >= 11 is 0. The highest BCUT2D eigenvalue weighted by Crippen LogP contribution is 2.23. The molecule has 9 heteroatoms. The zero-order valence-corrected chi connectivity index (χ0v) is 26.1. The number of rotatable bonds is 11. The zero-order chi connectivity index (χ0) is 29.8. The minimum atomic E-state index is -0.0106. The number of likely N-dealkylation sites (tertiary alicyclic amines) is 1. The molecule has 226 valence electrons. The molecule has 2 fully saturated rings. The third-order valence-electron chi connectivity index (χ3n) is 7.48. The fraction of sp³-hybridized carbons (Fsp3) is 0.710. The maximum Gasteiger partial charge on any atom is 0.238 e. The van der Waals surface area contributed by atoms with Crippen molar-refractivity contribution in [1.82, 2.24) is 25.3 Å². The fourth-order valence-corrected chi connectivity index (χ4v) is 4.45. The predicted octanol–water partition coefficient (Wildman–Crippen LogP) is 2.99. The molecule has 0 aliphatic carbocycles. The SMILES string of the molecule is CC(C)NCC(=O)N1CC(C(C)C)C1.CC(C)NCC(=O)N1CCN(CC(=O)Nc2ccc(C(C)C)cc2)CC1. The third-order valence-corrected chi connectivity index (χ3v) is 7.48. The highest BCUT2D eigenvalue weighted by atomic mass is 16.2. The van der Waals surface area contributed by atoms with Gasteiger partial charge in [-0.1, -0.05) is 67.5 Å². The van der Waals surface area contributed by atoms with Gasteiger partial charge in [-0.05, 0) is 35.4 Å². The van der Waals surface area contributed by atoms with Crippen molar-refractivity contribution in [1.29, 1.82) is 0 Å². The number of hydrogen-bond acceptors (Lipinski definition) is 6. The third kappa shape index (κ3) is 11.9. The molecule has 9 nitrogen and oxygen atoms in total. The predicted molar refractivity (Wildman–Crippen MR) is 163 cm³/mol. The van der Waals surface area contributed by atoms with Crippen molar-refractivity contribution in [2.45, 2.75) is 73.4 Å². The van der Waals surface area contributed by atoms with Crippen LogP contribution in [-0.4, -0.2) is 103 Å². The van der Waals surface area contributed by atoms with Crippen molar-refractivity contribution in [3.8, 4) is 0 Å². The maximum atomic E-state index is 12.2. The van der Waals surface area contributed by atoms with Crippen molar-refractivity contribution in [3.63, 3.8) is 0 Å². The van der Waals surface area contributed by atoms with E-state index in [1.165, 1.54) is 5.56 Å². The number of nitrogens with zero attached hydrogens (tertiary/aromatic N) is 3. The molecule has 1 aromatic rings. The van der Waals surface area contributed by atoms with E-state index in [2.05, 4.69) is 74.5 Å². The molecule has 0 spiro atoms. The minimum absolute atomic E-state index is 0.0106. The van der Waals surface area contributed by atoms with Crippen LogP contribution in [0.5, 0.6) is 0 Å². The van der Waals surface area contributed by atoms with Crippen LogP contribution in [0.3, 0.4) is 0 Å². The molecule has 0 bridgehead atoms. The standard InChI is InChI=1S/C20H32N4O2.C11H22N2O/c1-15(2)17-5-7-18(8-6-17)22-19(25)14-23-9-11-24(12-10-23)20(26)13-21-16(3)4;1-8(2)10-6-13(7-10)11(14)5-12-9(3)4/h5-8,15-16,21H,9-14H2,1-4H3,(H,22,25);8-10,12H,5-7H2,1-4H3. The van der Waals surface area contributed by atoms with Crippen LogP contribution in [0, 0.1) is 11.8 Å². The van der Waals surface area contributed by atoms with Gasteiger partial charge in [0, 0.05) is 57.0 Å². The van der Waals surface area contributed by atoms with Gasteiger partial charge in [0.15, 0.2) is 0 Å². The van der Waals surface area contributed by atoms with Crippen LogP contribution in [0.25, 0.3) is 0 Å². The quantitative estimate of drug-likeness (QED) is 0.387. The zero-order valence-electron chi connectivity index (χ0n) is 26.1. The number of benzene rings is 1. The topological polar surface area (TPSA) is 97.0 Å². The summed E-state index contributed by atoms with van der Waals surface area (Å²) in [7, 11) is 0. The van der Waals surface area contributed by atoms with Gasteiger partial charge in [-0.3, -0.25) is 19.3 Å². The van der Waals surface area contributed by atoms with Crippen molar-refractivity contribution in [3.05, 3.63) is 29.8 Å². The van der Waals surface area contributed by atoms with Gasteiger partial charge in [0.05, 0.1) is 19.6 Å². The van der Waals surface area contributed by atoms with E-state index in [1.807, 2.05) is 35.8 Å². The largest absolute Gasteiger partial charge is 0.341 e. The number of carbonyl (C=O) groups excluding carboxylic acids is 3. The van der Waals surface area contributed by atoms with E-state index in [9.17, 15) is 14.4 Å². The average molecular weight is 559 g/mol. The van der Waals surface area contributed by atoms with Gasteiger partial charge in [-0.2, -0.15) is 0 Å². The van der Waals surface area contributed by atoms with Crippen LogP contribution in [-0.2, 0) is 14.4 Å². The molecule has 0 radical (unpaired) electrons. The van der Waals surface area contributed by atoms with Crippen molar-refractivity contribution in [2.24, 2.45) is 11.8 Å². The van der Waals surface area contributed by atoms with Gasteiger partial charge in [-0.25, -0.2) is 0 Å². The smallest absolute Gasteiger partial charge is 0.238 e. The van der Waals surface area contributed by atoms with E-state index in [4.69, 9.17) is 0 Å². The molecule has 3 amide bonds. The Labute approximate surface area is 242 Å². The summed E-state index contributed by atoms with van der Waals surface area (Å²) in [4.78, 5) is 41.8. The van der Waals surface area contributed by atoms with Crippen LogP contribution in [0.4, 0.5) is 5.69 Å². The van der Waals surface area contributed by atoms with Gasteiger partial charge >= 0.3 is 0 Å². The number of piperazine rings is 1. The fourth-order valence-electron chi connectivity index (χ4n) is 4.45. The summed E-state index contributed by atoms with van der Waals surface area (Å²) in [6.07, 6.45) is 0. The monoisotopic (exact) mass is 558 g/mol. The molecule has 0 unspecified atom stereocenters. The second-order valence-corrected chi connectivity index (χ2v) is 12.4. The second kappa shape index (κ2) is 16.7. The molecule has 2 saturated heterocycles. The summed E-state index contributed by atoms with van der Waals surface area (Å²) in [5.41, 5.74) is 2.09. The van der Waals surface area contributed by atoms with Crippen molar-refractivity contribution >= 4 is 23.4 Å². The van der Waals surface area contributed by atoms with Crippen LogP contribution in [0.2, 0.25) is 0 Å². The Morgan fingerprint density at radius 1 is 0.750 bits per heavy atom. The molecule has 3 N–H and O–H groups in total. The Balaban J connectivity index is 0.000000337. The lowest BCUT2D eigenvalue weighted by molar-refractivity contribution is -0.137. The first kappa shape index (κ1) is 33.7.